The maximum absolute atomic E-state index is 3.69. The molecule has 0 radical (unpaired) electrons. The van der Waals surface area contributed by atoms with Crippen molar-refractivity contribution in [1.29, 1.82) is 0 Å². The van der Waals surface area contributed by atoms with E-state index in [1.807, 2.05) is 0 Å². The van der Waals surface area contributed by atoms with Crippen LogP contribution < -0.4 is 5.32 Å². The lowest BCUT2D eigenvalue weighted by molar-refractivity contribution is 0.390. The Labute approximate surface area is 113 Å². The molecule has 1 N–H and O–H groups in total. The van der Waals surface area contributed by atoms with Crippen LogP contribution in [0.2, 0.25) is 0 Å². The van der Waals surface area contributed by atoms with Crippen LogP contribution in [0.1, 0.15) is 63.6 Å². The Bertz CT molecular complexity index is 315. The van der Waals surface area contributed by atoms with Crippen LogP contribution in [0.4, 0.5) is 0 Å². The minimum atomic E-state index is 0.520. The number of aryl methyl sites for hydroxylation is 1. The van der Waals surface area contributed by atoms with Gasteiger partial charge >= 0.3 is 0 Å². The molecule has 1 nitrogen and oxygen atoms in total. The standard InChI is InChI=1S/C17H29N/c1-5-7-15(4)13-17(18-12-6-2)16-10-8-14(3)9-11-16/h8-11,15,17-18H,5-7,12-13H2,1-4H3. The molecule has 1 heteroatoms. The van der Waals surface area contributed by atoms with Crippen LogP contribution in [-0.4, -0.2) is 6.54 Å². The Kier molecular flexibility index (Phi) is 7.04. The van der Waals surface area contributed by atoms with Gasteiger partial charge in [0.2, 0.25) is 0 Å². The molecule has 0 saturated heterocycles. The third kappa shape index (κ3) is 5.22. The molecule has 0 heterocycles. The normalized spacial score (nSPS) is 14.4. The highest BCUT2D eigenvalue weighted by molar-refractivity contribution is 5.24. The first-order chi connectivity index (χ1) is 8.67. The van der Waals surface area contributed by atoms with E-state index >= 15 is 0 Å². The molecule has 0 aromatic heterocycles. The Morgan fingerprint density at radius 3 is 2.28 bits per heavy atom. The van der Waals surface area contributed by atoms with Crippen LogP contribution in [0.15, 0.2) is 24.3 Å². The molecule has 0 saturated carbocycles. The predicted molar refractivity (Wildman–Crippen MR) is 80.9 cm³/mol. The Morgan fingerprint density at radius 2 is 1.72 bits per heavy atom. The molecule has 102 valence electrons. The largest absolute Gasteiger partial charge is 0.310 e. The van der Waals surface area contributed by atoms with Crippen LogP contribution in [-0.2, 0) is 0 Å². The van der Waals surface area contributed by atoms with Crippen LogP contribution in [0, 0.1) is 12.8 Å². The number of hydrogen-bond acceptors (Lipinski definition) is 1. The number of nitrogens with one attached hydrogen (secondary N) is 1. The van der Waals surface area contributed by atoms with E-state index in [-0.39, 0.29) is 0 Å². The van der Waals surface area contributed by atoms with Gasteiger partial charge in [-0.15, -0.1) is 0 Å². The summed E-state index contributed by atoms with van der Waals surface area (Å²) in [7, 11) is 0. The molecule has 0 amide bonds. The first-order valence-corrected chi connectivity index (χ1v) is 7.47. The summed E-state index contributed by atoms with van der Waals surface area (Å²) >= 11 is 0. The van der Waals surface area contributed by atoms with E-state index in [0.717, 1.165) is 12.5 Å². The lowest BCUT2D eigenvalue weighted by Crippen LogP contribution is -2.24. The summed E-state index contributed by atoms with van der Waals surface area (Å²) in [5, 5.41) is 3.69. The highest BCUT2D eigenvalue weighted by atomic mass is 14.9. The van der Waals surface area contributed by atoms with Gasteiger partial charge in [0.05, 0.1) is 0 Å². The molecular formula is C17H29N. The zero-order valence-corrected chi connectivity index (χ0v) is 12.5. The Hall–Kier alpha value is -0.820. The number of benzene rings is 1. The van der Waals surface area contributed by atoms with Crippen LogP contribution in [0.25, 0.3) is 0 Å². The van der Waals surface area contributed by atoms with Crippen molar-refractivity contribution >= 4 is 0 Å². The summed E-state index contributed by atoms with van der Waals surface area (Å²) in [6, 6.07) is 9.52. The first-order valence-electron chi connectivity index (χ1n) is 7.47. The second kappa shape index (κ2) is 8.31. The van der Waals surface area contributed by atoms with Crippen molar-refractivity contribution in [2.45, 2.75) is 59.4 Å². The van der Waals surface area contributed by atoms with E-state index in [4.69, 9.17) is 0 Å². The van der Waals surface area contributed by atoms with Crippen molar-refractivity contribution in [2.24, 2.45) is 5.92 Å². The highest BCUT2D eigenvalue weighted by Crippen LogP contribution is 2.24. The van der Waals surface area contributed by atoms with Crippen molar-refractivity contribution < 1.29 is 0 Å². The third-order valence-corrected chi connectivity index (χ3v) is 3.54. The average molecular weight is 247 g/mol. The van der Waals surface area contributed by atoms with Crippen LogP contribution in [0.3, 0.4) is 0 Å². The van der Waals surface area contributed by atoms with E-state index in [1.165, 1.54) is 36.8 Å². The molecule has 0 aliphatic heterocycles. The van der Waals surface area contributed by atoms with Gasteiger partial charge in [-0.25, -0.2) is 0 Å². The molecule has 0 bridgehead atoms. The molecular weight excluding hydrogens is 218 g/mol. The van der Waals surface area contributed by atoms with E-state index in [0.29, 0.717) is 6.04 Å². The summed E-state index contributed by atoms with van der Waals surface area (Å²) in [4.78, 5) is 0. The van der Waals surface area contributed by atoms with Gasteiger partial charge in [-0.2, -0.15) is 0 Å². The van der Waals surface area contributed by atoms with Crippen molar-refractivity contribution in [3.05, 3.63) is 35.4 Å². The lowest BCUT2D eigenvalue weighted by atomic mass is 9.92. The van der Waals surface area contributed by atoms with Crippen LogP contribution in [0.5, 0.6) is 0 Å². The summed E-state index contributed by atoms with van der Waals surface area (Å²) in [5.74, 6) is 0.797. The molecule has 1 aromatic carbocycles. The first kappa shape index (κ1) is 15.2. The maximum atomic E-state index is 3.69. The van der Waals surface area contributed by atoms with Gasteiger partial charge < -0.3 is 5.32 Å². The fourth-order valence-corrected chi connectivity index (χ4v) is 2.47. The molecule has 1 rings (SSSR count). The lowest BCUT2D eigenvalue weighted by Gasteiger charge is -2.22. The fourth-order valence-electron chi connectivity index (χ4n) is 2.47. The molecule has 18 heavy (non-hydrogen) atoms. The maximum Gasteiger partial charge on any atom is 0.0322 e. The summed E-state index contributed by atoms with van der Waals surface area (Å²) in [5.41, 5.74) is 2.78. The summed E-state index contributed by atoms with van der Waals surface area (Å²) < 4.78 is 0. The van der Waals surface area contributed by atoms with Crippen molar-refractivity contribution in [1.82, 2.24) is 5.32 Å². The van der Waals surface area contributed by atoms with E-state index in [1.54, 1.807) is 0 Å². The van der Waals surface area contributed by atoms with Crippen molar-refractivity contribution in [3.8, 4) is 0 Å². The monoisotopic (exact) mass is 247 g/mol. The molecule has 1 aromatic rings. The predicted octanol–water partition coefficient (Wildman–Crippen LogP) is 4.86. The smallest absolute Gasteiger partial charge is 0.0322 e. The Morgan fingerprint density at radius 1 is 1.06 bits per heavy atom. The molecule has 0 spiro atoms. The van der Waals surface area contributed by atoms with Gasteiger partial charge in [0.15, 0.2) is 0 Å². The minimum Gasteiger partial charge on any atom is -0.310 e. The van der Waals surface area contributed by atoms with Crippen molar-refractivity contribution in [3.63, 3.8) is 0 Å². The number of hydrogen-bond donors (Lipinski definition) is 1. The van der Waals surface area contributed by atoms with Crippen LogP contribution >= 0.6 is 0 Å². The van der Waals surface area contributed by atoms with Gasteiger partial charge in [-0.1, -0.05) is 63.4 Å². The molecule has 2 atom stereocenters. The van der Waals surface area contributed by atoms with E-state index < -0.39 is 0 Å². The minimum absolute atomic E-state index is 0.520. The molecule has 0 fully saturated rings. The zero-order valence-electron chi connectivity index (χ0n) is 12.5. The molecule has 2 unspecified atom stereocenters. The van der Waals surface area contributed by atoms with Gasteiger partial charge in [0, 0.05) is 6.04 Å². The third-order valence-electron chi connectivity index (χ3n) is 3.54. The average Bonchev–Trinajstić information content (AvgIpc) is 2.36. The summed E-state index contributed by atoms with van der Waals surface area (Å²) in [6.45, 7) is 10.1. The zero-order chi connectivity index (χ0) is 13.4. The van der Waals surface area contributed by atoms with E-state index in [2.05, 4.69) is 57.3 Å². The fraction of sp³-hybridized carbons (Fsp3) is 0.647. The second-order valence-corrected chi connectivity index (χ2v) is 5.55. The van der Waals surface area contributed by atoms with Gasteiger partial charge in [-0.05, 0) is 37.8 Å². The molecule has 0 aliphatic carbocycles. The van der Waals surface area contributed by atoms with Gasteiger partial charge in [-0.3, -0.25) is 0 Å². The van der Waals surface area contributed by atoms with Crippen molar-refractivity contribution in [2.75, 3.05) is 6.54 Å². The van der Waals surface area contributed by atoms with E-state index in [9.17, 15) is 0 Å². The quantitative estimate of drug-likeness (QED) is 0.691. The molecule has 0 aliphatic rings. The SMILES string of the molecule is CCCNC(CC(C)CCC)c1ccc(C)cc1. The number of rotatable bonds is 8. The topological polar surface area (TPSA) is 12.0 Å². The highest BCUT2D eigenvalue weighted by Gasteiger charge is 2.14. The Balaban J connectivity index is 2.67. The van der Waals surface area contributed by atoms with Gasteiger partial charge in [0.25, 0.3) is 0 Å². The second-order valence-electron chi connectivity index (χ2n) is 5.55. The van der Waals surface area contributed by atoms with Gasteiger partial charge in [0.1, 0.15) is 0 Å². The summed E-state index contributed by atoms with van der Waals surface area (Å²) in [6.07, 6.45) is 5.06.